The highest BCUT2D eigenvalue weighted by atomic mass is 32.1. The topological polar surface area (TPSA) is 41.5 Å². The quantitative estimate of drug-likeness (QED) is 0.689. The Kier molecular flexibility index (Phi) is 4.67. The number of carbonyl (C=O) groups excluding carboxylic acids is 1. The Morgan fingerprint density at radius 3 is 2.08 bits per heavy atom. The predicted molar refractivity (Wildman–Crippen MR) is 106 cm³/mol. The van der Waals surface area contributed by atoms with Crippen LogP contribution >= 0.6 is 11.3 Å². The second-order valence-electron chi connectivity index (χ2n) is 6.39. The van der Waals surface area contributed by atoms with E-state index in [2.05, 4.69) is 22.8 Å². The number of aryl methyl sites for hydroxylation is 1. The van der Waals surface area contributed by atoms with Crippen molar-refractivity contribution in [2.24, 2.45) is 4.99 Å². The minimum Gasteiger partial charge on any atom is -0.312 e. The molecule has 4 heteroatoms. The van der Waals surface area contributed by atoms with Crippen molar-refractivity contribution in [3.8, 4) is 0 Å². The fourth-order valence-electron chi connectivity index (χ4n) is 3.42. The average Bonchev–Trinajstić information content (AvgIpc) is 3.32. The summed E-state index contributed by atoms with van der Waals surface area (Å²) in [7, 11) is 0. The fourth-order valence-corrected chi connectivity index (χ4v) is 4.17. The molecule has 0 fully saturated rings. The number of carbonyl (C=O) groups is 1. The Balaban J connectivity index is 1.65. The van der Waals surface area contributed by atoms with E-state index in [0.29, 0.717) is 0 Å². The molecular formula is C22H20N2OS. The van der Waals surface area contributed by atoms with Crippen molar-refractivity contribution < 1.29 is 4.79 Å². The number of rotatable bonds is 6. The van der Waals surface area contributed by atoms with E-state index >= 15 is 0 Å². The standard InChI is InChI=1S/C22H20N2OS/c25-21-22(17-9-3-1-4-10-17,18-11-5-2-6-12-18)24-20(23-21)15-7-13-19-14-8-16-26-19/h1-6,8-12,14,16H,7,13,15H2,(H,23,24,25). The van der Waals surface area contributed by atoms with Crippen molar-refractivity contribution in [2.75, 3.05) is 0 Å². The van der Waals surface area contributed by atoms with Crippen molar-refractivity contribution >= 4 is 23.1 Å². The number of nitrogens with one attached hydrogen (secondary N) is 1. The molecule has 0 aliphatic carbocycles. The molecule has 1 N–H and O–H groups in total. The van der Waals surface area contributed by atoms with E-state index in [0.717, 1.165) is 36.2 Å². The van der Waals surface area contributed by atoms with Crippen molar-refractivity contribution in [1.29, 1.82) is 0 Å². The van der Waals surface area contributed by atoms with Gasteiger partial charge in [0.15, 0.2) is 5.54 Å². The lowest BCUT2D eigenvalue weighted by Crippen LogP contribution is -2.38. The first-order valence-corrected chi connectivity index (χ1v) is 9.70. The highest BCUT2D eigenvalue weighted by Gasteiger charge is 2.46. The second kappa shape index (κ2) is 7.26. The first-order chi connectivity index (χ1) is 12.8. The summed E-state index contributed by atoms with van der Waals surface area (Å²) in [5.41, 5.74) is 0.815. The van der Waals surface area contributed by atoms with Crippen LogP contribution in [-0.2, 0) is 16.8 Å². The Bertz CT molecular complexity index is 862. The van der Waals surface area contributed by atoms with Gasteiger partial charge < -0.3 is 5.32 Å². The summed E-state index contributed by atoms with van der Waals surface area (Å²) < 4.78 is 0. The lowest BCUT2D eigenvalue weighted by molar-refractivity contribution is -0.122. The zero-order valence-corrected chi connectivity index (χ0v) is 15.2. The molecular weight excluding hydrogens is 340 g/mol. The van der Waals surface area contributed by atoms with Crippen LogP contribution in [0.5, 0.6) is 0 Å². The van der Waals surface area contributed by atoms with Gasteiger partial charge in [0, 0.05) is 11.3 Å². The van der Waals surface area contributed by atoms with Gasteiger partial charge in [0.05, 0.1) is 0 Å². The average molecular weight is 360 g/mol. The summed E-state index contributed by atoms with van der Waals surface area (Å²) in [6, 6.07) is 23.9. The van der Waals surface area contributed by atoms with Crippen LogP contribution in [0.25, 0.3) is 0 Å². The van der Waals surface area contributed by atoms with Crippen LogP contribution in [-0.4, -0.2) is 11.7 Å². The van der Waals surface area contributed by atoms with E-state index < -0.39 is 5.54 Å². The van der Waals surface area contributed by atoms with Crippen molar-refractivity contribution in [2.45, 2.75) is 24.8 Å². The fraction of sp³-hybridized carbons (Fsp3) is 0.182. The van der Waals surface area contributed by atoms with Crippen LogP contribution in [0.1, 0.15) is 28.8 Å². The SMILES string of the molecule is O=C1NC(CCCc2cccs2)=NC1(c1ccccc1)c1ccccc1. The number of benzene rings is 2. The van der Waals surface area contributed by atoms with Gasteiger partial charge in [-0.1, -0.05) is 66.7 Å². The molecule has 4 rings (SSSR count). The molecule has 0 saturated heterocycles. The number of amidine groups is 1. The van der Waals surface area contributed by atoms with Gasteiger partial charge in [0.25, 0.3) is 5.91 Å². The van der Waals surface area contributed by atoms with Crippen LogP contribution in [0.2, 0.25) is 0 Å². The van der Waals surface area contributed by atoms with E-state index in [1.54, 1.807) is 11.3 Å². The molecule has 1 aliphatic rings. The number of aliphatic imine (C=N–C) groups is 1. The van der Waals surface area contributed by atoms with Gasteiger partial charge in [-0.25, -0.2) is 4.99 Å². The highest BCUT2D eigenvalue weighted by Crippen LogP contribution is 2.37. The van der Waals surface area contributed by atoms with E-state index in [1.165, 1.54) is 4.88 Å². The van der Waals surface area contributed by atoms with Crippen LogP contribution < -0.4 is 5.32 Å². The highest BCUT2D eigenvalue weighted by molar-refractivity contribution is 7.09. The normalized spacial score (nSPS) is 15.5. The zero-order chi connectivity index (χ0) is 17.8. The minimum absolute atomic E-state index is 0.0685. The minimum atomic E-state index is -0.985. The Morgan fingerprint density at radius 1 is 0.846 bits per heavy atom. The second-order valence-corrected chi connectivity index (χ2v) is 7.42. The molecule has 0 radical (unpaired) electrons. The molecule has 1 aromatic heterocycles. The molecule has 2 aromatic carbocycles. The van der Waals surface area contributed by atoms with Gasteiger partial charge >= 0.3 is 0 Å². The lowest BCUT2D eigenvalue weighted by Gasteiger charge is -2.24. The van der Waals surface area contributed by atoms with Gasteiger partial charge in [-0.3, -0.25) is 4.79 Å². The lowest BCUT2D eigenvalue weighted by atomic mass is 9.83. The molecule has 3 aromatic rings. The number of thiophene rings is 1. The van der Waals surface area contributed by atoms with Crippen LogP contribution in [0.3, 0.4) is 0 Å². The van der Waals surface area contributed by atoms with E-state index in [9.17, 15) is 4.79 Å². The number of hydrogen-bond donors (Lipinski definition) is 1. The van der Waals surface area contributed by atoms with Crippen molar-refractivity contribution in [3.05, 3.63) is 94.2 Å². The van der Waals surface area contributed by atoms with Gasteiger partial charge in [-0.2, -0.15) is 0 Å². The van der Waals surface area contributed by atoms with Gasteiger partial charge in [0.1, 0.15) is 5.84 Å². The molecule has 1 aliphatic heterocycles. The number of hydrogen-bond acceptors (Lipinski definition) is 3. The summed E-state index contributed by atoms with van der Waals surface area (Å²) in [5.74, 6) is 0.709. The maximum absolute atomic E-state index is 13.1. The summed E-state index contributed by atoms with van der Waals surface area (Å²) in [6.45, 7) is 0. The molecule has 130 valence electrons. The van der Waals surface area contributed by atoms with E-state index in [-0.39, 0.29) is 5.91 Å². The van der Waals surface area contributed by atoms with Gasteiger partial charge in [-0.05, 0) is 35.4 Å². The summed E-state index contributed by atoms with van der Waals surface area (Å²) in [6.07, 6.45) is 2.75. The third kappa shape index (κ3) is 3.08. The Hall–Kier alpha value is -2.72. The third-order valence-corrected chi connectivity index (χ3v) is 5.63. The first-order valence-electron chi connectivity index (χ1n) is 8.82. The van der Waals surface area contributed by atoms with Gasteiger partial charge in [0.2, 0.25) is 0 Å². The predicted octanol–water partition coefficient (Wildman–Crippen LogP) is 4.54. The molecule has 0 unspecified atom stereocenters. The van der Waals surface area contributed by atoms with Crippen LogP contribution in [0.15, 0.2) is 83.2 Å². The maximum Gasteiger partial charge on any atom is 0.262 e. The Morgan fingerprint density at radius 2 is 1.50 bits per heavy atom. The molecule has 26 heavy (non-hydrogen) atoms. The Labute approximate surface area is 157 Å². The maximum atomic E-state index is 13.1. The molecule has 2 heterocycles. The number of amides is 1. The van der Waals surface area contributed by atoms with Crippen molar-refractivity contribution in [3.63, 3.8) is 0 Å². The summed E-state index contributed by atoms with van der Waals surface area (Å²) in [4.78, 5) is 19.4. The molecule has 0 saturated carbocycles. The molecule has 3 nitrogen and oxygen atoms in total. The summed E-state index contributed by atoms with van der Waals surface area (Å²) >= 11 is 1.77. The molecule has 1 amide bonds. The van der Waals surface area contributed by atoms with Crippen LogP contribution in [0, 0.1) is 0 Å². The van der Waals surface area contributed by atoms with E-state index in [1.807, 2.05) is 60.7 Å². The smallest absolute Gasteiger partial charge is 0.262 e. The summed E-state index contributed by atoms with van der Waals surface area (Å²) in [5, 5.41) is 5.13. The number of nitrogens with zero attached hydrogens (tertiary/aromatic N) is 1. The molecule has 0 bridgehead atoms. The van der Waals surface area contributed by atoms with Crippen molar-refractivity contribution in [1.82, 2.24) is 5.32 Å². The first kappa shape index (κ1) is 16.7. The third-order valence-electron chi connectivity index (χ3n) is 4.69. The van der Waals surface area contributed by atoms with E-state index in [4.69, 9.17) is 4.99 Å². The van der Waals surface area contributed by atoms with Crippen LogP contribution in [0.4, 0.5) is 0 Å². The largest absolute Gasteiger partial charge is 0.312 e. The van der Waals surface area contributed by atoms with Gasteiger partial charge in [-0.15, -0.1) is 11.3 Å². The molecule has 0 spiro atoms. The molecule has 0 atom stereocenters. The monoisotopic (exact) mass is 360 g/mol. The zero-order valence-electron chi connectivity index (χ0n) is 14.4.